The third-order valence-electron chi connectivity index (χ3n) is 6.65. The Morgan fingerprint density at radius 2 is 1.81 bits per heavy atom. The van der Waals surface area contributed by atoms with Crippen LogP contribution in [-0.2, 0) is 22.4 Å². The number of carbonyl (C=O) groups excluding carboxylic acids is 2. The topological polar surface area (TPSA) is 109 Å². The molecule has 3 aromatic rings. The Morgan fingerprint density at radius 1 is 1.03 bits per heavy atom. The molecule has 3 aromatic carbocycles. The summed E-state index contributed by atoms with van der Waals surface area (Å²) in [5.41, 5.74) is 8.20. The number of hydrogen-bond acceptors (Lipinski definition) is 6. The minimum absolute atomic E-state index is 0.125. The van der Waals surface area contributed by atoms with Gasteiger partial charge in [-0.15, -0.1) is 0 Å². The first-order valence-electron chi connectivity index (χ1n) is 12.2. The Kier molecular flexibility index (Phi) is 6.99. The van der Waals surface area contributed by atoms with Crippen molar-refractivity contribution in [2.24, 2.45) is 5.92 Å². The summed E-state index contributed by atoms with van der Waals surface area (Å²) in [7, 11) is 0. The fourth-order valence-electron chi connectivity index (χ4n) is 4.78. The van der Waals surface area contributed by atoms with Crippen molar-refractivity contribution in [2.45, 2.75) is 18.9 Å². The Labute approximate surface area is 215 Å². The van der Waals surface area contributed by atoms with Crippen LogP contribution in [-0.4, -0.2) is 41.1 Å². The van der Waals surface area contributed by atoms with E-state index in [4.69, 9.17) is 5.26 Å². The quantitative estimate of drug-likeness (QED) is 0.467. The highest BCUT2D eigenvalue weighted by atomic mass is 16.3. The SMILES string of the molecule is N#Cc1cccc(NC(=O)C2CNN3C=CN(c4ccc(Cc5cccc(CCO)c5)cc4)C(=O)C23)c1. The molecule has 5 rings (SSSR count). The number of nitriles is 1. The number of rotatable bonds is 7. The molecule has 2 aliphatic rings. The number of carbonyl (C=O) groups is 2. The predicted octanol–water partition coefficient (Wildman–Crippen LogP) is 2.95. The maximum Gasteiger partial charge on any atom is 0.256 e. The van der Waals surface area contributed by atoms with Gasteiger partial charge in [0.15, 0.2) is 0 Å². The van der Waals surface area contributed by atoms with Crippen LogP contribution in [0, 0.1) is 17.2 Å². The fraction of sp³-hybridized carbons (Fsp3) is 0.207. The first-order chi connectivity index (χ1) is 18.1. The number of anilines is 2. The molecule has 0 saturated carbocycles. The molecule has 0 aromatic heterocycles. The van der Waals surface area contributed by atoms with Crippen LogP contribution in [0.2, 0.25) is 0 Å². The van der Waals surface area contributed by atoms with Crippen LogP contribution in [0.1, 0.15) is 22.3 Å². The van der Waals surface area contributed by atoms with E-state index in [9.17, 15) is 14.7 Å². The molecule has 8 heteroatoms. The maximum absolute atomic E-state index is 13.5. The largest absolute Gasteiger partial charge is 0.396 e. The van der Waals surface area contributed by atoms with Gasteiger partial charge >= 0.3 is 0 Å². The van der Waals surface area contributed by atoms with Crippen LogP contribution < -0.4 is 15.6 Å². The number of aliphatic hydroxyl groups is 1. The van der Waals surface area contributed by atoms with Crippen molar-refractivity contribution >= 4 is 23.2 Å². The lowest BCUT2D eigenvalue weighted by Gasteiger charge is -2.33. The lowest BCUT2D eigenvalue weighted by molar-refractivity contribution is -0.128. The molecule has 3 N–H and O–H groups in total. The van der Waals surface area contributed by atoms with Crippen molar-refractivity contribution in [2.75, 3.05) is 23.4 Å². The molecular formula is C29H27N5O3. The summed E-state index contributed by atoms with van der Waals surface area (Å²) < 4.78 is 0. The predicted molar refractivity (Wildman–Crippen MR) is 140 cm³/mol. The third-order valence-corrected chi connectivity index (χ3v) is 6.65. The van der Waals surface area contributed by atoms with Crippen molar-refractivity contribution in [3.05, 3.63) is 107 Å². The molecule has 1 fully saturated rings. The van der Waals surface area contributed by atoms with Gasteiger partial charge in [-0.3, -0.25) is 14.5 Å². The molecule has 2 heterocycles. The highest BCUT2D eigenvalue weighted by Crippen LogP contribution is 2.28. The zero-order valence-corrected chi connectivity index (χ0v) is 20.2. The van der Waals surface area contributed by atoms with E-state index in [-0.39, 0.29) is 18.4 Å². The molecule has 0 aliphatic carbocycles. The Morgan fingerprint density at radius 3 is 2.59 bits per heavy atom. The van der Waals surface area contributed by atoms with E-state index in [0.29, 0.717) is 24.2 Å². The summed E-state index contributed by atoms with van der Waals surface area (Å²) in [4.78, 5) is 28.2. The van der Waals surface area contributed by atoms with Crippen LogP contribution in [0.3, 0.4) is 0 Å². The van der Waals surface area contributed by atoms with Crippen molar-refractivity contribution in [1.29, 1.82) is 5.26 Å². The molecule has 2 unspecified atom stereocenters. The number of nitrogens with zero attached hydrogens (tertiary/aromatic N) is 3. The van der Waals surface area contributed by atoms with E-state index in [2.05, 4.69) is 28.9 Å². The third kappa shape index (κ3) is 5.23. The molecule has 2 atom stereocenters. The first kappa shape index (κ1) is 24.3. The molecule has 37 heavy (non-hydrogen) atoms. The summed E-state index contributed by atoms with van der Waals surface area (Å²) in [6.07, 6.45) is 4.86. The van der Waals surface area contributed by atoms with Gasteiger partial charge in [-0.1, -0.05) is 42.5 Å². The number of hydrogen-bond donors (Lipinski definition) is 3. The number of fused-ring (bicyclic) bond motifs is 1. The van der Waals surface area contributed by atoms with Gasteiger partial charge in [-0.2, -0.15) is 5.26 Å². The lowest BCUT2D eigenvalue weighted by Crippen LogP contribution is -2.51. The summed E-state index contributed by atoms with van der Waals surface area (Å²) in [6.45, 7) is 0.451. The van der Waals surface area contributed by atoms with E-state index in [1.165, 1.54) is 0 Å². The van der Waals surface area contributed by atoms with Crippen LogP contribution in [0.25, 0.3) is 0 Å². The normalized spacial score (nSPS) is 18.4. The molecular weight excluding hydrogens is 466 g/mol. The first-order valence-corrected chi connectivity index (χ1v) is 12.2. The van der Waals surface area contributed by atoms with Crippen LogP contribution in [0.4, 0.5) is 11.4 Å². The fourth-order valence-corrected chi connectivity index (χ4v) is 4.78. The molecule has 2 amide bonds. The molecule has 8 nitrogen and oxygen atoms in total. The number of aliphatic hydroxyl groups excluding tert-OH is 1. The highest BCUT2D eigenvalue weighted by Gasteiger charge is 2.46. The van der Waals surface area contributed by atoms with Gasteiger partial charge in [0.05, 0.1) is 17.6 Å². The zero-order valence-electron chi connectivity index (χ0n) is 20.2. The molecule has 0 radical (unpaired) electrons. The second kappa shape index (κ2) is 10.7. The monoisotopic (exact) mass is 493 g/mol. The average molecular weight is 494 g/mol. The van der Waals surface area contributed by atoms with Crippen molar-refractivity contribution < 1.29 is 14.7 Å². The van der Waals surface area contributed by atoms with Crippen molar-refractivity contribution in [3.63, 3.8) is 0 Å². The average Bonchev–Trinajstić information content (AvgIpc) is 3.35. The summed E-state index contributed by atoms with van der Waals surface area (Å²) in [5, 5.41) is 22.8. The summed E-state index contributed by atoms with van der Waals surface area (Å²) >= 11 is 0. The van der Waals surface area contributed by atoms with E-state index < -0.39 is 12.0 Å². The smallest absolute Gasteiger partial charge is 0.256 e. The minimum Gasteiger partial charge on any atom is -0.396 e. The highest BCUT2D eigenvalue weighted by molar-refractivity contribution is 6.05. The number of amides is 2. The van der Waals surface area contributed by atoms with E-state index in [1.54, 1.807) is 46.6 Å². The molecule has 186 valence electrons. The van der Waals surface area contributed by atoms with Crippen LogP contribution in [0.5, 0.6) is 0 Å². The molecule has 1 saturated heterocycles. The zero-order chi connectivity index (χ0) is 25.8. The van der Waals surface area contributed by atoms with Gasteiger partial charge in [-0.05, 0) is 59.9 Å². The Bertz CT molecular complexity index is 1380. The van der Waals surface area contributed by atoms with Crippen LogP contribution >= 0.6 is 0 Å². The Hall–Kier alpha value is -4.45. The van der Waals surface area contributed by atoms with Gasteiger partial charge in [0.25, 0.3) is 5.91 Å². The van der Waals surface area contributed by atoms with Crippen LogP contribution in [0.15, 0.2) is 85.2 Å². The van der Waals surface area contributed by atoms with Gasteiger partial charge in [0, 0.05) is 36.9 Å². The number of nitrogens with one attached hydrogen (secondary N) is 2. The maximum atomic E-state index is 13.5. The second-order valence-corrected chi connectivity index (χ2v) is 9.15. The van der Waals surface area contributed by atoms with E-state index >= 15 is 0 Å². The van der Waals surface area contributed by atoms with E-state index in [0.717, 1.165) is 28.8 Å². The second-order valence-electron chi connectivity index (χ2n) is 9.15. The standard InChI is InChI=1S/C29H27N5O3/c30-18-23-5-2-6-24(17-23)32-28(36)26-19-31-34-13-12-33(29(37)27(26)34)25-9-7-21(8-10-25)16-22-4-1-3-20(15-22)11-14-35/h1-10,12-13,15,17,26-27,31,35H,11,14,16,19H2,(H,32,36). The number of benzene rings is 3. The minimum atomic E-state index is -0.682. The van der Waals surface area contributed by atoms with Gasteiger partial charge in [0.2, 0.25) is 5.91 Å². The Balaban J connectivity index is 1.28. The van der Waals surface area contributed by atoms with Gasteiger partial charge < -0.3 is 15.4 Å². The van der Waals surface area contributed by atoms with Gasteiger partial charge in [-0.25, -0.2) is 5.43 Å². The molecule has 0 bridgehead atoms. The summed E-state index contributed by atoms with van der Waals surface area (Å²) in [5.74, 6) is -1.07. The van der Waals surface area contributed by atoms with Crippen molar-refractivity contribution in [1.82, 2.24) is 10.4 Å². The summed E-state index contributed by atoms with van der Waals surface area (Å²) in [6, 6.07) is 24.1. The molecule has 0 spiro atoms. The lowest BCUT2D eigenvalue weighted by atomic mass is 9.97. The number of hydrazine groups is 1. The van der Waals surface area contributed by atoms with Gasteiger partial charge in [0.1, 0.15) is 6.04 Å². The molecule has 2 aliphatic heterocycles. The van der Waals surface area contributed by atoms with Crippen molar-refractivity contribution in [3.8, 4) is 6.07 Å². The van der Waals surface area contributed by atoms with E-state index in [1.807, 2.05) is 36.4 Å².